The smallest absolute Gasteiger partial charge is 0.258 e. The third-order valence-electron chi connectivity index (χ3n) is 7.90. The van der Waals surface area contributed by atoms with Gasteiger partial charge in [-0.3, -0.25) is 15.1 Å². The fourth-order valence-corrected chi connectivity index (χ4v) is 6.51. The fraction of sp³-hybridized carbons (Fsp3) is 0.121. The number of aryl methyl sites for hydroxylation is 1. The second-order valence-electron chi connectivity index (χ2n) is 9.97. The van der Waals surface area contributed by atoms with Gasteiger partial charge in [-0.25, -0.2) is 0 Å². The van der Waals surface area contributed by atoms with Crippen molar-refractivity contribution in [2.45, 2.75) is 25.2 Å². The molecular weight excluding hydrogens is 492 g/mol. The second-order valence-corrected chi connectivity index (χ2v) is 10.4. The van der Waals surface area contributed by atoms with E-state index in [-0.39, 0.29) is 16.5 Å². The van der Waals surface area contributed by atoms with Gasteiger partial charge < -0.3 is 0 Å². The number of rotatable bonds is 3. The van der Waals surface area contributed by atoms with Gasteiger partial charge in [-0.15, -0.1) is 0 Å². The van der Waals surface area contributed by atoms with E-state index in [9.17, 15) is 10.1 Å². The van der Waals surface area contributed by atoms with Crippen LogP contribution in [0.25, 0.3) is 43.6 Å². The highest BCUT2D eigenvalue weighted by atomic mass is 35.5. The van der Waals surface area contributed by atoms with Crippen LogP contribution in [0.4, 0.5) is 5.69 Å². The van der Waals surface area contributed by atoms with Crippen LogP contribution >= 0.6 is 11.6 Å². The number of fused-ring (bicyclic) bond motifs is 6. The molecule has 7 rings (SSSR count). The summed E-state index contributed by atoms with van der Waals surface area (Å²) < 4.78 is 0. The first kappa shape index (κ1) is 22.9. The van der Waals surface area contributed by atoms with Crippen LogP contribution in [-0.4, -0.2) is 9.91 Å². The SMILES string of the molecule is O=[N+]([O-])c1cccc(Cl)c1-c1cc(C2CCCc3ccc4c(ccc5ccccc54)c32)nc2ccccc12. The zero-order valence-corrected chi connectivity index (χ0v) is 21.3. The predicted molar refractivity (Wildman–Crippen MR) is 155 cm³/mol. The molecule has 0 amide bonds. The van der Waals surface area contributed by atoms with E-state index in [1.807, 2.05) is 30.3 Å². The lowest BCUT2D eigenvalue weighted by Crippen LogP contribution is -2.13. The molecule has 0 bridgehead atoms. The van der Waals surface area contributed by atoms with Gasteiger partial charge in [-0.2, -0.15) is 0 Å². The van der Waals surface area contributed by atoms with Gasteiger partial charge in [0, 0.05) is 28.6 Å². The number of nitro groups is 1. The highest BCUT2D eigenvalue weighted by Crippen LogP contribution is 2.45. The highest BCUT2D eigenvalue weighted by molar-refractivity contribution is 6.34. The van der Waals surface area contributed by atoms with Gasteiger partial charge in [0.05, 0.1) is 21.0 Å². The molecule has 1 aromatic heterocycles. The lowest BCUT2D eigenvalue weighted by atomic mass is 9.77. The molecule has 6 aromatic rings. The number of nitro benzene ring substituents is 1. The Balaban J connectivity index is 1.52. The Morgan fingerprint density at radius 3 is 2.47 bits per heavy atom. The largest absolute Gasteiger partial charge is 0.278 e. The summed E-state index contributed by atoms with van der Waals surface area (Å²) in [7, 11) is 0. The van der Waals surface area contributed by atoms with Crippen LogP contribution < -0.4 is 0 Å². The van der Waals surface area contributed by atoms with Gasteiger partial charge in [0.15, 0.2) is 0 Å². The minimum atomic E-state index is -0.357. The van der Waals surface area contributed by atoms with Crippen molar-refractivity contribution < 1.29 is 4.92 Å². The quantitative estimate of drug-likeness (QED) is 0.134. The minimum Gasteiger partial charge on any atom is -0.258 e. The molecule has 0 radical (unpaired) electrons. The third-order valence-corrected chi connectivity index (χ3v) is 8.21. The molecule has 1 atom stereocenters. The van der Waals surface area contributed by atoms with E-state index in [1.165, 1.54) is 38.7 Å². The Labute approximate surface area is 224 Å². The van der Waals surface area contributed by atoms with Crippen molar-refractivity contribution in [3.05, 3.63) is 129 Å². The average Bonchev–Trinajstić information content (AvgIpc) is 2.95. The normalized spacial score (nSPS) is 15.1. The second kappa shape index (κ2) is 8.93. The van der Waals surface area contributed by atoms with Crippen molar-refractivity contribution in [3.8, 4) is 11.1 Å². The lowest BCUT2D eigenvalue weighted by molar-refractivity contribution is -0.384. The Bertz CT molecular complexity index is 1910. The number of hydrogen-bond acceptors (Lipinski definition) is 3. The van der Waals surface area contributed by atoms with E-state index in [0.29, 0.717) is 10.6 Å². The maximum Gasteiger partial charge on any atom is 0.278 e. The van der Waals surface area contributed by atoms with Gasteiger partial charge in [-0.05, 0) is 70.1 Å². The minimum absolute atomic E-state index is 0.000710. The molecule has 1 unspecified atom stereocenters. The number of aromatic nitrogens is 1. The summed E-state index contributed by atoms with van der Waals surface area (Å²) in [5, 5.41) is 18.2. The number of benzene rings is 5. The van der Waals surface area contributed by atoms with Crippen LogP contribution in [0.3, 0.4) is 0 Å². The molecule has 0 N–H and O–H groups in total. The van der Waals surface area contributed by atoms with Crippen LogP contribution in [0.2, 0.25) is 5.02 Å². The van der Waals surface area contributed by atoms with Crippen LogP contribution in [0.5, 0.6) is 0 Å². The molecule has 0 fully saturated rings. The average molecular weight is 515 g/mol. The lowest BCUT2D eigenvalue weighted by Gasteiger charge is -2.28. The van der Waals surface area contributed by atoms with Crippen LogP contribution in [-0.2, 0) is 6.42 Å². The summed E-state index contributed by atoms with van der Waals surface area (Å²) in [6.07, 6.45) is 3.06. The van der Waals surface area contributed by atoms with Gasteiger partial charge in [-0.1, -0.05) is 84.4 Å². The van der Waals surface area contributed by atoms with E-state index in [1.54, 1.807) is 12.1 Å². The van der Waals surface area contributed by atoms with Crippen molar-refractivity contribution in [2.24, 2.45) is 0 Å². The predicted octanol–water partition coefficient (Wildman–Crippen LogP) is 9.24. The molecule has 1 aliphatic rings. The van der Waals surface area contributed by atoms with Gasteiger partial charge in [0.25, 0.3) is 5.69 Å². The molecule has 0 spiro atoms. The monoisotopic (exact) mass is 514 g/mol. The van der Waals surface area contributed by atoms with Gasteiger partial charge in [0.2, 0.25) is 0 Å². The molecular formula is C33H23ClN2O2. The Kier molecular flexibility index (Phi) is 5.38. The Morgan fingerprint density at radius 2 is 1.61 bits per heavy atom. The summed E-state index contributed by atoms with van der Waals surface area (Å²) in [4.78, 5) is 16.8. The van der Waals surface area contributed by atoms with Crippen molar-refractivity contribution in [2.75, 3.05) is 0 Å². The zero-order valence-electron chi connectivity index (χ0n) is 20.5. The van der Waals surface area contributed by atoms with Crippen molar-refractivity contribution >= 4 is 49.7 Å². The number of pyridine rings is 1. The zero-order chi connectivity index (χ0) is 25.8. The van der Waals surface area contributed by atoms with E-state index in [0.717, 1.165) is 41.4 Å². The molecule has 4 nitrogen and oxygen atoms in total. The van der Waals surface area contributed by atoms with E-state index < -0.39 is 0 Å². The third kappa shape index (κ3) is 3.56. The molecule has 0 aliphatic heterocycles. The van der Waals surface area contributed by atoms with Crippen molar-refractivity contribution in [1.29, 1.82) is 0 Å². The molecule has 0 saturated carbocycles. The van der Waals surface area contributed by atoms with Crippen LogP contribution in [0.1, 0.15) is 35.6 Å². The highest BCUT2D eigenvalue weighted by Gasteiger charge is 2.28. The van der Waals surface area contributed by atoms with E-state index in [2.05, 4.69) is 48.5 Å². The summed E-state index contributed by atoms with van der Waals surface area (Å²) in [5.74, 6) is 0.0773. The number of halogens is 1. The first-order valence-corrected chi connectivity index (χ1v) is 13.2. The number of nitrogens with zero attached hydrogens (tertiary/aromatic N) is 2. The van der Waals surface area contributed by atoms with Gasteiger partial charge in [0.1, 0.15) is 0 Å². The summed E-state index contributed by atoms with van der Waals surface area (Å²) in [6, 6.07) is 32.2. The molecule has 5 aromatic carbocycles. The molecule has 1 heterocycles. The molecule has 1 aliphatic carbocycles. The first-order valence-electron chi connectivity index (χ1n) is 12.9. The Morgan fingerprint density at radius 1 is 0.816 bits per heavy atom. The molecule has 38 heavy (non-hydrogen) atoms. The van der Waals surface area contributed by atoms with Crippen LogP contribution in [0.15, 0.2) is 97.1 Å². The maximum atomic E-state index is 12.0. The first-order chi connectivity index (χ1) is 18.6. The molecule has 184 valence electrons. The molecule has 0 saturated heterocycles. The summed E-state index contributed by atoms with van der Waals surface area (Å²) in [5.41, 5.74) is 5.60. The molecule has 5 heteroatoms. The van der Waals surface area contributed by atoms with E-state index in [4.69, 9.17) is 16.6 Å². The fourth-order valence-electron chi connectivity index (χ4n) is 6.24. The standard InChI is InChI=1S/C33H23ClN2O2/c34-28-12-6-14-31(36(37)38)33(28)27-19-30(35-29-13-4-3-10-24(27)29)26-11-5-8-21-16-17-23-22-9-2-1-7-20(22)15-18-25(23)32(21)26/h1-4,6-7,9-10,12-19,26H,5,8,11H2. The maximum absolute atomic E-state index is 12.0. The van der Waals surface area contributed by atoms with E-state index >= 15 is 0 Å². The number of para-hydroxylation sites is 1. The Hall–Kier alpha value is -4.28. The van der Waals surface area contributed by atoms with Crippen molar-refractivity contribution in [1.82, 2.24) is 4.98 Å². The topological polar surface area (TPSA) is 56.0 Å². The number of hydrogen-bond donors (Lipinski definition) is 0. The summed E-state index contributed by atoms with van der Waals surface area (Å²) in [6.45, 7) is 0. The van der Waals surface area contributed by atoms with Crippen LogP contribution in [0, 0.1) is 10.1 Å². The van der Waals surface area contributed by atoms with Crippen molar-refractivity contribution in [3.63, 3.8) is 0 Å². The summed E-state index contributed by atoms with van der Waals surface area (Å²) >= 11 is 6.64. The van der Waals surface area contributed by atoms with Gasteiger partial charge >= 0.3 is 0 Å².